The Kier molecular flexibility index (Phi) is 4.45. The first kappa shape index (κ1) is 11.9. The SMILES string of the molecule is C=C/C(=C\C(C)=NCC)C(F)(F)F. The molecule has 0 aliphatic heterocycles. The molecular formula is C9H12F3N. The van der Waals surface area contributed by atoms with E-state index in [0.717, 1.165) is 12.2 Å². The van der Waals surface area contributed by atoms with E-state index < -0.39 is 11.7 Å². The van der Waals surface area contributed by atoms with Crippen molar-refractivity contribution in [3.8, 4) is 0 Å². The van der Waals surface area contributed by atoms with Crippen molar-refractivity contribution in [3.05, 3.63) is 24.3 Å². The predicted octanol–water partition coefficient (Wildman–Crippen LogP) is 3.14. The predicted molar refractivity (Wildman–Crippen MR) is 48.0 cm³/mol. The van der Waals surface area contributed by atoms with Crippen molar-refractivity contribution in [2.24, 2.45) is 4.99 Å². The molecule has 1 nitrogen and oxygen atoms in total. The van der Waals surface area contributed by atoms with Crippen molar-refractivity contribution >= 4 is 5.71 Å². The molecule has 0 aromatic heterocycles. The molecule has 0 heterocycles. The van der Waals surface area contributed by atoms with Crippen molar-refractivity contribution in [2.75, 3.05) is 6.54 Å². The molecule has 0 bridgehead atoms. The molecule has 74 valence electrons. The standard InChI is InChI=1S/C9H12F3N/c1-4-8(9(10,11)12)6-7(3)13-5-2/h4,6H,1,5H2,2-3H3/b8-6+,13-7?. The molecule has 0 unspecified atom stereocenters. The summed E-state index contributed by atoms with van der Waals surface area (Å²) >= 11 is 0. The van der Waals surface area contributed by atoms with Crippen molar-refractivity contribution in [1.82, 2.24) is 0 Å². The zero-order valence-corrected chi connectivity index (χ0v) is 7.65. The minimum Gasteiger partial charge on any atom is -0.290 e. The van der Waals surface area contributed by atoms with Gasteiger partial charge in [0.25, 0.3) is 0 Å². The fourth-order valence-electron chi connectivity index (χ4n) is 0.777. The van der Waals surface area contributed by atoms with Gasteiger partial charge in [-0.25, -0.2) is 0 Å². The van der Waals surface area contributed by atoms with Crippen LogP contribution in [0.4, 0.5) is 13.2 Å². The van der Waals surface area contributed by atoms with E-state index in [-0.39, 0.29) is 0 Å². The highest BCUT2D eigenvalue weighted by Crippen LogP contribution is 2.25. The summed E-state index contributed by atoms with van der Waals surface area (Å²) in [6, 6.07) is 0. The largest absolute Gasteiger partial charge is 0.416 e. The summed E-state index contributed by atoms with van der Waals surface area (Å²) in [7, 11) is 0. The fraction of sp³-hybridized carbons (Fsp3) is 0.444. The molecule has 0 atom stereocenters. The fourth-order valence-corrected chi connectivity index (χ4v) is 0.777. The second-order valence-corrected chi connectivity index (χ2v) is 2.42. The first-order chi connectivity index (χ1) is 5.91. The number of nitrogens with zero attached hydrogens (tertiary/aromatic N) is 1. The van der Waals surface area contributed by atoms with Crippen LogP contribution in [0.5, 0.6) is 0 Å². The van der Waals surface area contributed by atoms with Gasteiger partial charge in [0.15, 0.2) is 0 Å². The van der Waals surface area contributed by atoms with E-state index in [2.05, 4.69) is 11.6 Å². The maximum Gasteiger partial charge on any atom is 0.416 e. The monoisotopic (exact) mass is 191 g/mol. The maximum atomic E-state index is 12.1. The Hall–Kier alpha value is -1.06. The highest BCUT2D eigenvalue weighted by atomic mass is 19.4. The molecule has 0 radical (unpaired) electrons. The van der Waals surface area contributed by atoms with E-state index in [9.17, 15) is 13.2 Å². The minimum absolute atomic E-state index is 0.356. The lowest BCUT2D eigenvalue weighted by Gasteiger charge is -2.06. The van der Waals surface area contributed by atoms with E-state index >= 15 is 0 Å². The summed E-state index contributed by atoms with van der Waals surface area (Å²) < 4.78 is 36.4. The lowest BCUT2D eigenvalue weighted by atomic mass is 10.2. The van der Waals surface area contributed by atoms with Gasteiger partial charge in [-0.3, -0.25) is 4.99 Å². The molecule has 0 fully saturated rings. The van der Waals surface area contributed by atoms with Gasteiger partial charge in [0.05, 0.1) is 5.57 Å². The van der Waals surface area contributed by atoms with Crippen LogP contribution in [0.15, 0.2) is 29.3 Å². The normalized spacial score (nSPS) is 14.5. The number of alkyl halides is 3. The third-order valence-corrected chi connectivity index (χ3v) is 1.32. The number of aliphatic imine (C=N–C) groups is 1. The summed E-state index contributed by atoms with van der Waals surface area (Å²) in [6.07, 6.45) is -2.57. The quantitative estimate of drug-likeness (QED) is 0.480. The Morgan fingerprint density at radius 2 is 2.00 bits per heavy atom. The van der Waals surface area contributed by atoms with Crippen LogP contribution in [0.3, 0.4) is 0 Å². The van der Waals surface area contributed by atoms with Crippen LogP contribution in [0, 0.1) is 0 Å². The van der Waals surface area contributed by atoms with Gasteiger partial charge >= 0.3 is 6.18 Å². The smallest absolute Gasteiger partial charge is 0.290 e. The van der Waals surface area contributed by atoms with Gasteiger partial charge in [-0.1, -0.05) is 12.7 Å². The second-order valence-electron chi connectivity index (χ2n) is 2.42. The Bertz CT molecular complexity index is 236. The van der Waals surface area contributed by atoms with E-state index in [4.69, 9.17) is 0 Å². The van der Waals surface area contributed by atoms with E-state index in [1.165, 1.54) is 6.92 Å². The topological polar surface area (TPSA) is 12.4 Å². The van der Waals surface area contributed by atoms with Gasteiger partial charge in [-0.2, -0.15) is 13.2 Å². The van der Waals surface area contributed by atoms with Gasteiger partial charge in [0.1, 0.15) is 0 Å². The number of rotatable bonds is 3. The van der Waals surface area contributed by atoms with Crippen molar-refractivity contribution < 1.29 is 13.2 Å². The van der Waals surface area contributed by atoms with E-state index in [1.807, 2.05) is 0 Å². The van der Waals surface area contributed by atoms with Gasteiger partial charge in [0.2, 0.25) is 0 Å². The Balaban J connectivity index is 4.78. The average molecular weight is 191 g/mol. The Labute approximate surface area is 75.7 Å². The minimum atomic E-state index is -4.34. The molecule has 0 spiro atoms. The molecule has 0 aromatic rings. The number of hydrogen-bond acceptors (Lipinski definition) is 1. The summed E-state index contributed by atoms with van der Waals surface area (Å²) in [5.41, 5.74) is -0.406. The molecular weight excluding hydrogens is 179 g/mol. The first-order valence-electron chi connectivity index (χ1n) is 3.84. The zero-order chi connectivity index (χ0) is 10.5. The summed E-state index contributed by atoms with van der Waals surface area (Å²) in [5, 5.41) is 0. The summed E-state index contributed by atoms with van der Waals surface area (Å²) in [6.45, 7) is 6.86. The average Bonchev–Trinajstić information content (AvgIpc) is 1.98. The summed E-state index contributed by atoms with van der Waals surface area (Å²) in [5.74, 6) is 0. The molecule has 0 aliphatic carbocycles. The van der Waals surface area contributed by atoms with Crippen molar-refractivity contribution in [1.29, 1.82) is 0 Å². The van der Waals surface area contributed by atoms with Crippen LogP contribution in [0.25, 0.3) is 0 Å². The molecule has 0 aliphatic rings. The lowest BCUT2D eigenvalue weighted by molar-refractivity contribution is -0.0880. The molecule has 4 heteroatoms. The number of allylic oxidation sites excluding steroid dienone is 3. The van der Waals surface area contributed by atoms with E-state index in [1.54, 1.807) is 6.92 Å². The Morgan fingerprint density at radius 1 is 1.46 bits per heavy atom. The molecule has 0 aromatic carbocycles. The van der Waals surface area contributed by atoms with Crippen LogP contribution in [0.2, 0.25) is 0 Å². The Morgan fingerprint density at radius 3 is 2.31 bits per heavy atom. The van der Waals surface area contributed by atoms with Gasteiger partial charge in [0, 0.05) is 12.3 Å². The summed E-state index contributed by atoms with van der Waals surface area (Å²) in [4.78, 5) is 3.82. The molecule has 0 saturated heterocycles. The maximum absolute atomic E-state index is 12.1. The van der Waals surface area contributed by atoms with Crippen molar-refractivity contribution in [2.45, 2.75) is 20.0 Å². The highest BCUT2D eigenvalue weighted by molar-refractivity contribution is 5.93. The zero-order valence-electron chi connectivity index (χ0n) is 7.65. The first-order valence-corrected chi connectivity index (χ1v) is 3.84. The van der Waals surface area contributed by atoms with Crippen molar-refractivity contribution in [3.63, 3.8) is 0 Å². The van der Waals surface area contributed by atoms with Crippen LogP contribution in [0.1, 0.15) is 13.8 Å². The second kappa shape index (κ2) is 4.84. The highest BCUT2D eigenvalue weighted by Gasteiger charge is 2.31. The molecule has 0 saturated carbocycles. The van der Waals surface area contributed by atoms with Gasteiger partial charge < -0.3 is 0 Å². The van der Waals surface area contributed by atoms with Crippen LogP contribution < -0.4 is 0 Å². The van der Waals surface area contributed by atoms with Gasteiger partial charge in [-0.15, -0.1) is 0 Å². The molecule has 0 N–H and O–H groups in total. The third-order valence-electron chi connectivity index (χ3n) is 1.32. The third kappa shape index (κ3) is 4.50. The van der Waals surface area contributed by atoms with Crippen LogP contribution in [-0.2, 0) is 0 Å². The van der Waals surface area contributed by atoms with Gasteiger partial charge in [-0.05, 0) is 19.9 Å². The number of halogens is 3. The number of hydrogen-bond donors (Lipinski definition) is 0. The lowest BCUT2D eigenvalue weighted by Crippen LogP contribution is -2.11. The van der Waals surface area contributed by atoms with E-state index in [0.29, 0.717) is 12.3 Å². The van der Waals surface area contributed by atoms with Crippen LogP contribution in [-0.4, -0.2) is 18.4 Å². The molecule has 0 rings (SSSR count). The van der Waals surface area contributed by atoms with Crippen LogP contribution >= 0.6 is 0 Å². The molecule has 0 amide bonds. The molecule has 13 heavy (non-hydrogen) atoms.